The van der Waals surface area contributed by atoms with Gasteiger partial charge in [-0.2, -0.15) is 0 Å². The van der Waals surface area contributed by atoms with Gasteiger partial charge in [-0.1, -0.05) is 47.7 Å². The van der Waals surface area contributed by atoms with Crippen molar-refractivity contribution in [2.75, 3.05) is 0 Å². The molecular formula is C12H11ClN2OS2. The maximum Gasteiger partial charge on any atom is 0.244 e. The third kappa shape index (κ3) is 3.31. The van der Waals surface area contributed by atoms with Crippen LogP contribution in [0, 0.1) is 0 Å². The Morgan fingerprint density at radius 3 is 2.72 bits per heavy atom. The van der Waals surface area contributed by atoms with Gasteiger partial charge in [0.15, 0.2) is 0 Å². The summed E-state index contributed by atoms with van der Waals surface area (Å²) in [5.41, 5.74) is 1.84. The number of halogens is 1. The molecule has 6 heteroatoms. The van der Waals surface area contributed by atoms with Crippen molar-refractivity contribution in [3.8, 4) is 0 Å². The monoisotopic (exact) mass is 298 g/mol. The molecule has 1 aromatic rings. The number of nitrogens with zero attached hydrogens (tertiary/aromatic N) is 1. The van der Waals surface area contributed by atoms with Crippen molar-refractivity contribution >= 4 is 51.5 Å². The highest BCUT2D eigenvalue weighted by molar-refractivity contribution is 8.24. The van der Waals surface area contributed by atoms with E-state index in [0.717, 1.165) is 11.3 Å². The Kier molecular flexibility index (Phi) is 4.37. The molecule has 0 radical (unpaired) electrons. The van der Waals surface area contributed by atoms with E-state index >= 15 is 0 Å². The van der Waals surface area contributed by atoms with E-state index in [1.54, 1.807) is 0 Å². The molecule has 0 spiro atoms. The smallest absolute Gasteiger partial charge is 0.244 e. The molecule has 1 aliphatic heterocycles. The first-order chi connectivity index (χ1) is 8.56. The van der Waals surface area contributed by atoms with Gasteiger partial charge < -0.3 is 5.32 Å². The Morgan fingerprint density at radius 1 is 1.50 bits per heavy atom. The molecule has 1 fully saturated rings. The molecule has 3 nitrogen and oxygen atoms in total. The summed E-state index contributed by atoms with van der Waals surface area (Å²) in [6, 6.07) is 7.50. The molecule has 1 amide bonds. The highest BCUT2D eigenvalue weighted by Crippen LogP contribution is 2.21. The fourth-order valence-electron chi connectivity index (χ4n) is 1.52. The van der Waals surface area contributed by atoms with E-state index in [0.29, 0.717) is 15.9 Å². The first-order valence-corrected chi connectivity index (χ1v) is 7.00. The number of thioether (sulfide) groups is 1. The van der Waals surface area contributed by atoms with Crippen molar-refractivity contribution in [1.82, 2.24) is 5.32 Å². The number of rotatable bonds is 3. The van der Waals surface area contributed by atoms with Crippen molar-refractivity contribution in [3.63, 3.8) is 0 Å². The molecule has 1 atom stereocenters. The molecule has 2 rings (SSSR count). The molecule has 1 heterocycles. The van der Waals surface area contributed by atoms with Crippen LogP contribution < -0.4 is 5.32 Å². The highest BCUT2D eigenvalue weighted by Gasteiger charge is 2.31. The molecule has 0 bridgehead atoms. The van der Waals surface area contributed by atoms with Gasteiger partial charge in [0.2, 0.25) is 5.91 Å². The minimum absolute atomic E-state index is 0.0812. The largest absolute Gasteiger partial charge is 0.310 e. The first kappa shape index (κ1) is 13.5. The van der Waals surface area contributed by atoms with Gasteiger partial charge >= 0.3 is 0 Å². The van der Waals surface area contributed by atoms with Crippen molar-refractivity contribution < 1.29 is 4.79 Å². The number of nitrogens with one attached hydrogen (secondary N) is 1. The average molecular weight is 299 g/mol. The summed E-state index contributed by atoms with van der Waals surface area (Å²) in [5, 5.41) is 3.03. The second kappa shape index (κ2) is 5.82. The van der Waals surface area contributed by atoms with Gasteiger partial charge in [-0.05, 0) is 24.6 Å². The van der Waals surface area contributed by atoms with Gasteiger partial charge in [-0.3, -0.25) is 9.79 Å². The van der Waals surface area contributed by atoms with Crippen molar-refractivity contribution in [3.05, 3.63) is 34.9 Å². The van der Waals surface area contributed by atoms with Crippen LogP contribution in [-0.2, 0) is 11.3 Å². The fraction of sp³-hybridized carbons (Fsp3) is 0.250. The van der Waals surface area contributed by atoms with Crippen molar-refractivity contribution in [2.45, 2.75) is 18.7 Å². The van der Waals surface area contributed by atoms with Gasteiger partial charge in [-0.25, -0.2) is 0 Å². The van der Waals surface area contributed by atoms with Gasteiger partial charge in [0.05, 0.1) is 6.54 Å². The molecule has 0 aromatic heterocycles. The minimum atomic E-state index is -0.287. The first-order valence-electron chi connectivity index (χ1n) is 5.33. The number of amides is 1. The van der Waals surface area contributed by atoms with Crippen LogP contribution in [0.15, 0.2) is 29.3 Å². The number of carbonyl (C=O) groups is 1. The van der Waals surface area contributed by atoms with E-state index in [-0.39, 0.29) is 11.2 Å². The van der Waals surface area contributed by atoms with Gasteiger partial charge in [0.25, 0.3) is 0 Å². The van der Waals surface area contributed by atoms with E-state index < -0.39 is 0 Å². The number of carbonyl (C=O) groups excluding carboxylic acids is 1. The Balaban J connectivity index is 2.03. The molecule has 94 valence electrons. The summed E-state index contributed by atoms with van der Waals surface area (Å²) in [4.78, 5) is 16.0. The van der Waals surface area contributed by atoms with E-state index in [1.807, 2.05) is 31.2 Å². The Hall–Kier alpha value is -0.910. The lowest BCUT2D eigenvalue weighted by Crippen LogP contribution is -2.28. The summed E-state index contributed by atoms with van der Waals surface area (Å²) in [6.45, 7) is 2.39. The number of aliphatic imine (C=N–C) groups is 1. The predicted octanol–water partition coefficient (Wildman–Crippen LogP) is 2.82. The molecule has 1 N–H and O–H groups in total. The zero-order chi connectivity index (χ0) is 13.1. The fourth-order valence-corrected chi connectivity index (χ4v) is 2.82. The number of hydrogen-bond acceptors (Lipinski definition) is 4. The molecule has 18 heavy (non-hydrogen) atoms. The average Bonchev–Trinajstić information content (AvgIpc) is 2.67. The molecule has 0 aliphatic carbocycles. The third-order valence-electron chi connectivity index (χ3n) is 2.49. The summed E-state index contributed by atoms with van der Waals surface area (Å²) in [7, 11) is 0. The SMILES string of the molecule is CC(=NCc1ccc(Cl)cc1)C1SC(=S)NC1=O. The Bertz CT molecular complexity index is 513. The predicted molar refractivity (Wildman–Crippen MR) is 80.4 cm³/mol. The quantitative estimate of drug-likeness (QED) is 0.689. The maximum absolute atomic E-state index is 11.6. The van der Waals surface area contributed by atoms with Crippen LogP contribution in [0.4, 0.5) is 0 Å². The van der Waals surface area contributed by atoms with Crippen molar-refractivity contribution in [2.24, 2.45) is 4.99 Å². The lowest BCUT2D eigenvalue weighted by molar-refractivity contribution is -0.117. The van der Waals surface area contributed by atoms with Gasteiger partial charge in [-0.15, -0.1) is 0 Å². The zero-order valence-electron chi connectivity index (χ0n) is 9.64. The standard InChI is InChI=1S/C12H11ClN2OS2/c1-7(10-11(16)15-12(17)18-10)14-6-8-2-4-9(13)5-3-8/h2-5,10H,6H2,1H3,(H,15,16,17). The van der Waals surface area contributed by atoms with E-state index in [4.69, 9.17) is 23.8 Å². The summed E-state index contributed by atoms with van der Waals surface area (Å²) < 4.78 is 0.519. The number of benzene rings is 1. The van der Waals surface area contributed by atoms with Gasteiger partial charge in [0, 0.05) is 10.7 Å². The molecule has 1 unspecified atom stereocenters. The normalized spacial score (nSPS) is 20.1. The van der Waals surface area contributed by atoms with Crippen LogP contribution in [0.25, 0.3) is 0 Å². The second-order valence-electron chi connectivity index (χ2n) is 3.86. The molecular weight excluding hydrogens is 288 g/mol. The van der Waals surface area contributed by atoms with Crippen LogP contribution in [0.3, 0.4) is 0 Å². The topological polar surface area (TPSA) is 41.5 Å². The Morgan fingerprint density at radius 2 is 2.17 bits per heavy atom. The van der Waals surface area contributed by atoms with E-state index in [2.05, 4.69) is 10.3 Å². The van der Waals surface area contributed by atoms with Gasteiger partial charge in [0.1, 0.15) is 9.57 Å². The summed E-state index contributed by atoms with van der Waals surface area (Å²) in [5.74, 6) is -0.0812. The minimum Gasteiger partial charge on any atom is -0.310 e. The molecule has 0 saturated carbocycles. The molecule has 1 saturated heterocycles. The van der Waals surface area contributed by atoms with Crippen LogP contribution in [0.2, 0.25) is 5.02 Å². The maximum atomic E-state index is 11.6. The van der Waals surface area contributed by atoms with Crippen LogP contribution >= 0.6 is 35.6 Å². The van der Waals surface area contributed by atoms with Crippen LogP contribution in [0.1, 0.15) is 12.5 Å². The van der Waals surface area contributed by atoms with E-state index in [1.165, 1.54) is 11.8 Å². The lowest BCUT2D eigenvalue weighted by Gasteiger charge is -2.05. The Labute approximate surface area is 120 Å². The molecule has 1 aliphatic rings. The molecule has 1 aromatic carbocycles. The lowest BCUT2D eigenvalue weighted by atomic mass is 10.2. The van der Waals surface area contributed by atoms with E-state index in [9.17, 15) is 4.79 Å². The second-order valence-corrected chi connectivity index (χ2v) is 6.08. The van der Waals surface area contributed by atoms with Crippen LogP contribution in [0.5, 0.6) is 0 Å². The zero-order valence-corrected chi connectivity index (χ0v) is 12.0. The highest BCUT2D eigenvalue weighted by atomic mass is 35.5. The van der Waals surface area contributed by atoms with Crippen molar-refractivity contribution in [1.29, 1.82) is 0 Å². The third-order valence-corrected chi connectivity index (χ3v) is 4.24. The number of thiocarbonyl (C=S) groups is 1. The van der Waals surface area contributed by atoms with Crippen LogP contribution in [-0.4, -0.2) is 21.2 Å². The number of hydrogen-bond donors (Lipinski definition) is 1. The summed E-state index contributed by atoms with van der Waals surface area (Å²) in [6.07, 6.45) is 0. The summed E-state index contributed by atoms with van der Waals surface area (Å²) >= 11 is 12.1.